The summed E-state index contributed by atoms with van der Waals surface area (Å²) in [6.07, 6.45) is 11.9. The number of anilines is 1. The van der Waals surface area contributed by atoms with E-state index in [4.69, 9.17) is 0 Å². The Bertz CT molecular complexity index is 904. The summed E-state index contributed by atoms with van der Waals surface area (Å²) >= 11 is 1.95. The highest BCUT2D eigenvalue weighted by atomic mass is 32.2. The molecule has 1 aromatic carbocycles. The number of benzene rings is 1. The van der Waals surface area contributed by atoms with Crippen LogP contribution in [0.5, 0.6) is 0 Å². The molecule has 0 saturated carbocycles. The molecule has 0 unspecified atom stereocenters. The lowest BCUT2D eigenvalue weighted by Crippen LogP contribution is -2.34. The van der Waals surface area contributed by atoms with E-state index in [2.05, 4.69) is 54.2 Å². The molecule has 0 aliphatic heterocycles. The molecule has 0 bridgehead atoms. The van der Waals surface area contributed by atoms with Gasteiger partial charge in [-0.25, -0.2) is 4.57 Å². The van der Waals surface area contributed by atoms with Crippen molar-refractivity contribution in [1.29, 1.82) is 0 Å². The van der Waals surface area contributed by atoms with Crippen molar-refractivity contribution in [3.05, 3.63) is 59.9 Å². The molecule has 0 radical (unpaired) electrons. The van der Waals surface area contributed by atoms with E-state index in [1.807, 2.05) is 54.5 Å². The summed E-state index contributed by atoms with van der Waals surface area (Å²) in [5, 5.41) is 5.81. The molecule has 33 heavy (non-hydrogen) atoms. The largest absolute Gasteiger partial charge is 0.355 e. The van der Waals surface area contributed by atoms with E-state index in [1.165, 1.54) is 6.92 Å². The maximum absolute atomic E-state index is 12.1. The SMILES string of the molecule is CCC(C)(CC)SCCNC(=O)CCC[n+]1ccc(C=Cc2ccc(NC(C)=O)cc2)cc1. The molecule has 0 aliphatic carbocycles. The van der Waals surface area contributed by atoms with Crippen molar-refractivity contribution in [2.45, 2.75) is 64.7 Å². The van der Waals surface area contributed by atoms with E-state index in [0.29, 0.717) is 11.2 Å². The fourth-order valence-corrected chi connectivity index (χ4v) is 4.36. The molecule has 2 rings (SSSR count). The van der Waals surface area contributed by atoms with Gasteiger partial charge in [-0.1, -0.05) is 45.1 Å². The highest BCUT2D eigenvalue weighted by Crippen LogP contribution is 2.31. The normalized spacial score (nSPS) is 11.5. The molecule has 1 aromatic heterocycles. The van der Waals surface area contributed by atoms with Crippen LogP contribution in [0.1, 0.15) is 64.5 Å². The summed E-state index contributed by atoms with van der Waals surface area (Å²) < 4.78 is 2.43. The van der Waals surface area contributed by atoms with Crippen LogP contribution in [-0.4, -0.2) is 28.9 Å². The topological polar surface area (TPSA) is 62.1 Å². The number of nitrogens with one attached hydrogen (secondary N) is 2. The number of pyridine rings is 1. The minimum Gasteiger partial charge on any atom is -0.355 e. The minimum atomic E-state index is -0.0717. The summed E-state index contributed by atoms with van der Waals surface area (Å²) in [6, 6.07) is 11.9. The van der Waals surface area contributed by atoms with Crippen LogP contribution in [0.25, 0.3) is 12.2 Å². The number of aryl methyl sites for hydroxylation is 1. The van der Waals surface area contributed by atoms with Gasteiger partial charge in [0, 0.05) is 54.6 Å². The molecular weight excluding hydrogens is 430 g/mol. The van der Waals surface area contributed by atoms with Gasteiger partial charge in [0.05, 0.1) is 0 Å². The Hall–Kier alpha value is -2.60. The Morgan fingerprint density at radius 3 is 2.18 bits per heavy atom. The van der Waals surface area contributed by atoms with Gasteiger partial charge in [0.25, 0.3) is 0 Å². The highest BCUT2D eigenvalue weighted by Gasteiger charge is 2.19. The van der Waals surface area contributed by atoms with Crippen molar-refractivity contribution in [2.75, 3.05) is 17.6 Å². The van der Waals surface area contributed by atoms with Crippen LogP contribution in [0.2, 0.25) is 0 Å². The molecule has 1 heterocycles. The van der Waals surface area contributed by atoms with Crippen LogP contribution in [0.4, 0.5) is 5.69 Å². The van der Waals surface area contributed by atoms with E-state index in [9.17, 15) is 9.59 Å². The maximum atomic E-state index is 12.1. The van der Waals surface area contributed by atoms with Crippen molar-refractivity contribution in [1.82, 2.24) is 5.32 Å². The first-order valence-corrected chi connectivity index (χ1v) is 12.8. The number of carbonyl (C=O) groups is 2. The van der Waals surface area contributed by atoms with Crippen molar-refractivity contribution < 1.29 is 14.2 Å². The lowest BCUT2D eigenvalue weighted by atomic mass is 10.1. The van der Waals surface area contributed by atoms with Crippen molar-refractivity contribution in [2.24, 2.45) is 0 Å². The summed E-state index contributed by atoms with van der Waals surface area (Å²) in [4.78, 5) is 23.2. The Morgan fingerprint density at radius 2 is 1.61 bits per heavy atom. The van der Waals surface area contributed by atoms with Gasteiger partial charge in [0.1, 0.15) is 6.54 Å². The fourth-order valence-electron chi connectivity index (χ4n) is 3.25. The Kier molecular flexibility index (Phi) is 11.2. The van der Waals surface area contributed by atoms with Crippen LogP contribution >= 0.6 is 11.8 Å². The number of carbonyl (C=O) groups excluding carboxylic acids is 2. The lowest BCUT2D eigenvalue weighted by molar-refractivity contribution is -0.697. The number of nitrogens with zero attached hydrogens (tertiary/aromatic N) is 1. The first-order chi connectivity index (χ1) is 15.8. The second-order valence-corrected chi connectivity index (χ2v) is 10.1. The highest BCUT2D eigenvalue weighted by molar-refractivity contribution is 8.00. The molecule has 0 aliphatic rings. The second kappa shape index (κ2) is 13.8. The molecule has 2 N–H and O–H groups in total. The standard InChI is InChI=1S/C27H37N3O2S/c1-5-27(4,6-2)33-21-17-28-26(32)8-7-18-30-19-15-24(16-20-30)10-9-23-11-13-25(14-12-23)29-22(3)31/h9-16,19-20H,5-8,17-18,21H2,1-4H3,(H,28,32)/p+1. The van der Waals surface area contributed by atoms with Gasteiger partial charge in [-0.05, 0) is 36.1 Å². The van der Waals surface area contributed by atoms with Gasteiger partial charge in [-0.3, -0.25) is 9.59 Å². The predicted molar refractivity (Wildman–Crippen MR) is 140 cm³/mol. The molecule has 0 saturated heterocycles. The number of rotatable bonds is 13. The third kappa shape index (κ3) is 10.3. The van der Waals surface area contributed by atoms with Gasteiger partial charge in [-0.2, -0.15) is 11.8 Å². The molecule has 0 atom stereocenters. The number of hydrogen-bond acceptors (Lipinski definition) is 3. The van der Waals surface area contributed by atoms with Crippen LogP contribution in [0.3, 0.4) is 0 Å². The van der Waals surface area contributed by atoms with Crippen LogP contribution in [-0.2, 0) is 16.1 Å². The van der Waals surface area contributed by atoms with E-state index in [-0.39, 0.29) is 11.8 Å². The van der Waals surface area contributed by atoms with Crippen molar-refractivity contribution >= 4 is 41.4 Å². The zero-order valence-corrected chi connectivity index (χ0v) is 21.2. The molecule has 6 heteroatoms. The van der Waals surface area contributed by atoms with Gasteiger partial charge >= 0.3 is 0 Å². The van der Waals surface area contributed by atoms with Crippen LogP contribution in [0.15, 0.2) is 48.8 Å². The van der Waals surface area contributed by atoms with E-state index >= 15 is 0 Å². The molecular formula is C27H38N3O2S+. The molecule has 178 valence electrons. The van der Waals surface area contributed by atoms with Crippen molar-refractivity contribution in [3.8, 4) is 0 Å². The summed E-state index contributed by atoms with van der Waals surface area (Å²) in [5.74, 6) is 1.03. The third-order valence-corrected chi connectivity index (χ3v) is 7.49. The zero-order chi connectivity index (χ0) is 24.1. The first-order valence-electron chi connectivity index (χ1n) is 11.8. The fraction of sp³-hybridized carbons (Fsp3) is 0.444. The lowest BCUT2D eigenvalue weighted by Gasteiger charge is -2.25. The van der Waals surface area contributed by atoms with Gasteiger partial charge in [0.2, 0.25) is 11.8 Å². The Labute approximate surface area is 203 Å². The molecule has 0 fully saturated rings. The summed E-state index contributed by atoms with van der Waals surface area (Å²) in [6.45, 7) is 9.81. The van der Waals surface area contributed by atoms with Gasteiger partial charge < -0.3 is 10.6 Å². The number of amides is 2. The minimum absolute atomic E-state index is 0.0717. The zero-order valence-electron chi connectivity index (χ0n) is 20.4. The van der Waals surface area contributed by atoms with Crippen LogP contribution in [0, 0.1) is 0 Å². The summed E-state index contributed by atoms with van der Waals surface area (Å²) in [7, 11) is 0. The third-order valence-electron chi connectivity index (χ3n) is 5.81. The van der Waals surface area contributed by atoms with Gasteiger partial charge in [-0.15, -0.1) is 0 Å². The molecule has 2 amide bonds. The number of thioether (sulfide) groups is 1. The molecule has 0 spiro atoms. The smallest absolute Gasteiger partial charge is 0.221 e. The number of aromatic nitrogens is 1. The Balaban J connectivity index is 1.69. The quantitative estimate of drug-likeness (QED) is 0.309. The van der Waals surface area contributed by atoms with E-state index in [0.717, 1.165) is 54.9 Å². The van der Waals surface area contributed by atoms with E-state index < -0.39 is 0 Å². The molecule has 2 aromatic rings. The summed E-state index contributed by atoms with van der Waals surface area (Å²) in [5.41, 5.74) is 2.97. The maximum Gasteiger partial charge on any atom is 0.221 e. The van der Waals surface area contributed by atoms with E-state index in [1.54, 1.807) is 0 Å². The van der Waals surface area contributed by atoms with Gasteiger partial charge in [0.15, 0.2) is 12.4 Å². The average Bonchev–Trinajstić information content (AvgIpc) is 2.82. The second-order valence-electron chi connectivity index (χ2n) is 8.46. The Morgan fingerprint density at radius 1 is 1.00 bits per heavy atom. The van der Waals surface area contributed by atoms with Crippen LogP contribution < -0.4 is 15.2 Å². The molecule has 5 nitrogen and oxygen atoms in total. The number of hydrogen-bond donors (Lipinski definition) is 2. The monoisotopic (exact) mass is 468 g/mol. The average molecular weight is 469 g/mol. The first kappa shape index (κ1) is 26.7. The van der Waals surface area contributed by atoms with Crippen molar-refractivity contribution in [3.63, 3.8) is 0 Å². The predicted octanol–water partition coefficient (Wildman–Crippen LogP) is 5.31.